The molecule has 2 N–H and O–H groups in total. The van der Waals surface area contributed by atoms with Gasteiger partial charge in [0.2, 0.25) is 0 Å². The van der Waals surface area contributed by atoms with Gasteiger partial charge in [-0.3, -0.25) is 4.79 Å². The van der Waals surface area contributed by atoms with Crippen molar-refractivity contribution in [1.29, 1.82) is 0 Å². The molecular formula is C18H19NO5. The van der Waals surface area contributed by atoms with Crippen LogP contribution in [0.4, 0.5) is 0 Å². The molecule has 0 radical (unpaired) electrons. The Kier molecular flexibility index (Phi) is 4.55. The summed E-state index contributed by atoms with van der Waals surface area (Å²) >= 11 is 0. The van der Waals surface area contributed by atoms with Crippen LogP contribution in [0.3, 0.4) is 0 Å². The van der Waals surface area contributed by atoms with Gasteiger partial charge in [-0.05, 0) is 37.3 Å². The number of aryl methyl sites for hydroxylation is 1. The molecule has 6 heteroatoms. The number of amides is 1. The monoisotopic (exact) mass is 329 g/mol. The van der Waals surface area contributed by atoms with Crippen molar-refractivity contribution in [3.8, 4) is 5.75 Å². The second-order valence-corrected chi connectivity index (χ2v) is 6.05. The van der Waals surface area contributed by atoms with Gasteiger partial charge in [0.05, 0.1) is 12.2 Å². The average molecular weight is 329 g/mol. The molecule has 126 valence electrons. The third-order valence-electron chi connectivity index (χ3n) is 3.90. The maximum absolute atomic E-state index is 12.1. The number of carbonyl (C=O) groups excluding carboxylic acids is 1. The number of hydrogen-bond acceptors (Lipinski definition) is 4. The molecule has 1 heterocycles. The molecule has 1 amide bonds. The first-order chi connectivity index (χ1) is 11.5. The van der Waals surface area contributed by atoms with Gasteiger partial charge in [-0.1, -0.05) is 12.1 Å². The molecule has 1 aliphatic rings. The number of ether oxygens (including phenoxy) is 1. The SMILES string of the molecule is Cc1ccc(CNC(=O)c2cc(C(=O)O)co2)c(OCC2CC2)c1. The van der Waals surface area contributed by atoms with Crippen LogP contribution in [0.1, 0.15) is 44.9 Å². The largest absolute Gasteiger partial charge is 0.493 e. The van der Waals surface area contributed by atoms with Crippen LogP contribution < -0.4 is 10.1 Å². The molecule has 2 aromatic rings. The first kappa shape index (κ1) is 16.1. The summed E-state index contributed by atoms with van der Waals surface area (Å²) in [6.45, 7) is 2.97. The van der Waals surface area contributed by atoms with Gasteiger partial charge in [0, 0.05) is 18.2 Å². The summed E-state index contributed by atoms with van der Waals surface area (Å²) in [5.41, 5.74) is 1.91. The van der Waals surface area contributed by atoms with E-state index in [0.29, 0.717) is 12.5 Å². The molecule has 1 fully saturated rings. The van der Waals surface area contributed by atoms with Crippen LogP contribution in [-0.4, -0.2) is 23.6 Å². The van der Waals surface area contributed by atoms with E-state index in [2.05, 4.69) is 5.32 Å². The highest BCUT2D eigenvalue weighted by Crippen LogP contribution is 2.30. The Hall–Kier alpha value is -2.76. The third-order valence-corrected chi connectivity index (χ3v) is 3.90. The van der Waals surface area contributed by atoms with Crippen molar-refractivity contribution in [2.24, 2.45) is 5.92 Å². The second kappa shape index (κ2) is 6.78. The van der Waals surface area contributed by atoms with Gasteiger partial charge in [-0.25, -0.2) is 4.79 Å². The minimum Gasteiger partial charge on any atom is -0.493 e. The Bertz CT molecular complexity index is 761. The van der Waals surface area contributed by atoms with Gasteiger partial charge >= 0.3 is 5.97 Å². The Balaban J connectivity index is 1.64. The number of benzene rings is 1. The molecule has 24 heavy (non-hydrogen) atoms. The van der Waals surface area contributed by atoms with Gasteiger partial charge in [0.15, 0.2) is 5.76 Å². The maximum atomic E-state index is 12.1. The van der Waals surface area contributed by atoms with Crippen LogP contribution in [0.15, 0.2) is 34.9 Å². The summed E-state index contributed by atoms with van der Waals surface area (Å²) in [5.74, 6) is -0.207. The first-order valence-corrected chi connectivity index (χ1v) is 7.85. The summed E-state index contributed by atoms with van der Waals surface area (Å²) in [4.78, 5) is 22.9. The minimum atomic E-state index is -1.13. The molecule has 1 aromatic heterocycles. The molecule has 0 spiro atoms. The zero-order valence-corrected chi connectivity index (χ0v) is 13.4. The van der Waals surface area contributed by atoms with Crippen LogP contribution >= 0.6 is 0 Å². The molecule has 1 saturated carbocycles. The highest BCUT2D eigenvalue weighted by Gasteiger charge is 2.22. The number of aromatic carboxylic acids is 1. The summed E-state index contributed by atoms with van der Waals surface area (Å²) < 4.78 is 10.9. The first-order valence-electron chi connectivity index (χ1n) is 7.85. The molecule has 0 aliphatic heterocycles. The van der Waals surface area contributed by atoms with Crippen LogP contribution in [0.5, 0.6) is 5.75 Å². The van der Waals surface area contributed by atoms with Gasteiger partial charge in [0.1, 0.15) is 12.0 Å². The molecule has 0 saturated heterocycles. The van der Waals surface area contributed by atoms with Gasteiger partial charge in [-0.2, -0.15) is 0 Å². The zero-order valence-electron chi connectivity index (χ0n) is 13.4. The summed E-state index contributed by atoms with van der Waals surface area (Å²) in [5, 5.41) is 11.6. The smallest absolute Gasteiger partial charge is 0.338 e. The number of furan rings is 1. The number of carboxylic acids is 1. The van der Waals surface area contributed by atoms with E-state index in [9.17, 15) is 9.59 Å². The lowest BCUT2D eigenvalue weighted by molar-refractivity contribution is 0.0695. The normalized spacial score (nSPS) is 13.5. The lowest BCUT2D eigenvalue weighted by Crippen LogP contribution is -2.22. The Morgan fingerprint density at radius 3 is 2.79 bits per heavy atom. The van der Waals surface area contributed by atoms with E-state index in [0.717, 1.165) is 23.1 Å². The van der Waals surface area contributed by atoms with Crippen molar-refractivity contribution in [2.45, 2.75) is 26.3 Å². The fourth-order valence-electron chi connectivity index (χ4n) is 2.26. The number of carbonyl (C=O) groups is 2. The van der Waals surface area contributed by atoms with E-state index in [1.165, 1.54) is 18.9 Å². The van der Waals surface area contributed by atoms with E-state index >= 15 is 0 Å². The summed E-state index contributed by atoms with van der Waals surface area (Å²) in [7, 11) is 0. The fraction of sp³-hybridized carbons (Fsp3) is 0.333. The van der Waals surface area contributed by atoms with Crippen molar-refractivity contribution in [2.75, 3.05) is 6.61 Å². The fourth-order valence-corrected chi connectivity index (χ4v) is 2.26. The molecule has 0 atom stereocenters. The van der Waals surface area contributed by atoms with Crippen LogP contribution in [0.2, 0.25) is 0 Å². The standard InChI is InChI=1S/C18H19NO5/c1-11-2-5-13(15(6-11)23-9-12-3-4-12)8-19-17(20)16-7-14(10-24-16)18(21)22/h2,5-7,10,12H,3-4,8-9H2,1H3,(H,19,20)(H,21,22). The van der Waals surface area contributed by atoms with Crippen LogP contribution in [-0.2, 0) is 6.54 Å². The molecule has 6 nitrogen and oxygen atoms in total. The molecule has 0 bridgehead atoms. The van der Waals surface area contributed by atoms with Gasteiger partial charge < -0.3 is 19.6 Å². The summed E-state index contributed by atoms with van der Waals surface area (Å²) in [6, 6.07) is 7.04. The molecular weight excluding hydrogens is 310 g/mol. The Labute approximate surface area is 139 Å². The lowest BCUT2D eigenvalue weighted by atomic mass is 10.1. The molecule has 3 rings (SSSR count). The maximum Gasteiger partial charge on any atom is 0.338 e. The van der Waals surface area contributed by atoms with E-state index in [1.807, 2.05) is 25.1 Å². The lowest BCUT2D eigenvalue weighted by Gasteiger charge is -2.12. The highest BCUT2D eigenvalue weighted by atomic mass is 16.5. The van der Waals surface area contributed by atoms with Crippen molar-refractivity contribution in [3.63, 3.8) is 0 Å². The van der Waals surface area contributed by atoms with E-state index in [1.54, 1.807) is 0 Å². The topological polar surface area (TPSA) is 88.8 Å². The van der Waals surface area contributed by atoms with Crippen LogP contribution in [0, 0.1) is 12.8 Å². The van der Waals surface area contributed by atoms with E-state index < -0.39 is 11.9 Å². The predicted molar refractivity (Wildman–Crippen MR) is 86.2 cm³/mol. The van der Waals surface area contributed by atoms with Crippen LogP contribution in [0.25, 0.3) is 0 Å². The number of nitrogens with one attached hydrogen (secondary N) is 1. The predicted octanol–water partition coefficient (Wildman–Crippen LogP) is 3.01. The van der Waals surface area contributed by atoms with Gasteiger partial charge in [0.25, 0.3) is 5.91 Å². The van der Waals surface area contributed by atoms with Crippen molar-refractivity contribution in [3.05, 3.63) is 53.0 Å². The summed E-state index contributed by atoms with van der Waals surface area (Å²) in [6.07, 6.45) is 3.47. The number of rotatable bonds is 7. The number of hydrogen-bond donors (Lipinski definition) is 2. The Morgan fingerprint density at radius 2 is 2.12 bits per heavy atom. The molecule has 0 unspecified atom stereocenters. The van der Waals surface area contributed by atoms with E-state index in [4.69, 9.17) is 14.3 Å². The average Bonchev–Trinajstić information content (AvgIpc) is 3.24. The Morgan fingerprint density at radius 1 is 1.33 bits per heavy atom. The molecule has 1 aliphatic carbocycles. The minimum absolute atomic E-state index is 0.0278. The van der Waals surface area contributed by atoms with Crippen molar-refractivity contribution < 1.29 is 23.8 Å². The highest BCUT2D eigenvalue weighted by molar-refractivity contribution is 5.95. The number of carboxylic acid groups (broad SMARTS) is 1. The quantitative estimate of drug-likeness (QED) is 0.815. The van der Waals surface area contributed by atoms with Crippen molar-refractivity contribution >= 4 is 11.9 Å². The van der Waals surface area contributed by atoms with Crippen molar-refractivity contribution in [1.82, 2.24) is 5.32 Å². The molecule has 1 aromatic carbocycles. The zero-order chi connectivity index (χ0) is 17.1. The van der Waals surface area contributed by atoms with Gasteiger partial charge in [-0.15, -0.1) is 0 Å². The second-order valence-electron chi connectivity index (χ2n) is 6.05. The van der Waals surface area contributed by atoms with E-state index in [-0.39, 0.29) is 17.9 Å². The third kappa shape index (κ3) is 3.95.